The number of esters is 1. The third-order valence-electron chi connectivity index (χ3n) is 4.71. The van der Waals surface area contributed by atoms with Crippen LogP contribution in [0.15, 0.2) is 30.3 Å². The maximum atomic E-state index is 12.8. The molecule has 0 saturated carbocycles. The van der Waals surface area contributed by atoms with Crippen molar-refractivity contribution in [3.8, 4) is 0 Å². The van der Waals surface area contributed by atoms with Gasteiger partial charge in [0.15, 0.2) is 12.4 Å². The zero-order valence-electron chi connectivity index (χ0n) is 17.2. The number of carbonyl (C=O) groups is 4. The normalized spacial score (nSPS) is 13.7. The molecule has 0 aliphatic carbocycles. The molecule has 3 rings (SSSR count). The van der Waals surface area contributed by atoms with Gasteiger partial charge in [-0.05, 0) is 43.6 Å². The lowest BCUT2D eigenvalue weighted by Crippen LogP contribution is -2.46. The van der Waals surface area contributed by atoms with E-state index in [1.54, 1.807) is 19.1 Å². The Morgan fingerprint density at radius 2 is 1.78 bits per heavy atom. The van der Waals surface area contributed by atoms with E-state index in [1.165, 1.54) is 30.0 Å². The summed E-state index contributed by atoms with van der Waals surface area (Å²) in [7, 11) is 0. The highest BCUT2D eigenvalue weighted by atomic mass is 35.5. The van der Waals surface area contributed by atoms with Gasteiger partial charge in [0.25, 0.3) is 17.7 Å². The predicted molar refractivity (Wildman–Crippen MR) is 122 cm³/mol. The van der Waals surface area contributed by atoms with E-state index in [2.05, 4.69) is 10.3 Å². The second kappa shape index (κ2) is 10.3. The van der Waals surface area contributed by atoms with E-state index in [0.717, 1.165) is 4.90 Å². The Hall–Kier alpha value is -2.62. The molecule has 1 N–H and O–H groups in total. The molecule has 0 fully saturated rings. The van der Waals surface area contributed by atoms with Crippen molar-refractivity contribution in [1.82, 2.24) is 9.88 Å². The SMILES string of the molecule is CSCC[C@@H](C(=O)OCC(=O)Nc1nc(C)c(Cl)cc1Cl)N1C(=O)c2ccccc2C1=O. The van der Waals surface area contributed by atoms with E-state index < -0.39 is 36.3 Å². The van der Waals surface area contributed by atoms with Crippen molar-refractivity contribution < 1.29 is 23.9 Å². The minimum atomic E-state index is -1.15. The van der Waals surface area contributed by atoms with Gasteiger partial charge in [0.2, 0.25) is 0 Å². The van der Waals surface area contributed by atoms with Crippen molar-refractivity contribution in [1.29, 1.82) is 0 Å². The summed E-state index contributed by atoms with van der Waals surface area (Å²) in [5.74, 6) is -2.08. The van der Waals surface area contributed by atoms with Gasteiger partial charge < -0.3 is 10.1 Å². The summed E-state index contributed by atoms with van der Waals surface area (Å²) < 4.78 is 5.13. The number of anilines is 1. The van der Waals surface area contributed by atoms with Crippen molar-refractivity contribution >= 4 is 64.5 Å². The molecule has 0 saturated heterocycles. The number of rotatable bonds is 8. The highest BCUT2D eigenvalue weighted by Crippen LogP contribution is 2.27. The van der Waals surface area contributed by atoms with Gasteiger partial charge in [0, 0.05) is 0 Å². The molecule has 1 aliphatic rings. The van der Waals surface area contributed by atoms with Crippen molar-refractivity contribution in [2.24, 2.45) is 0 Å². The molecule has 32 heavy (non-hydrogen) atoms. The Morgan fingerprint density at radius 1 is 1.16 bits per heavy atom. The van der Waals surface area contributed by atoms with Gasteiger partial charge in [0.1, 0.15) is 6.04 Å². The molecule has 2 heterocycles. The van der Waals surface area contributed by atoms with Crippen LogP contribution in [0.1, 0.15) is 32.8 Å². The summed E-state index contributed by atoms with van der Waals surface area (Å²) in [5, 5.41) is 2.92. The fraction of sp³-hybridized carbons (Fsp3) is 0.286. The fourth-order valence-electron chi connectivity index (χ4n) is 3.12. The molecule has 3 amide bonds. The number of thioether (sulfide) groups is 1. The van der Waals surface area contributed by atoms with Gasteiger partial charge in [0.05, 0.1) is 26.9 Å². The van der Waals surface area contributed by atoms with Crippen LogP contribution < -0.4 is 5.32 Å². The molecule has 1 aliphatic heterocycles. The first kappa shape index (κ1) is 24.0. The Balaban J connectivity index is 1.69. The van der Waals surface area contributed by atoms with Gasteiger partial charge in [-0.2, -0.15) is 11.8 Å². The summed E-state index contributed by atoms with van der Waals surface area (Å²) in [6.07, 6.45) is 2.03. The number of pyridine rings is 1. The molecule has 0 bridgehead atoms. The Kier molecular flexibility index (Phi) is 7.76. The molecule has 168 valence electrons. The summed E-state index contributed by atoms with van der Waals surface area (Å²) in [6.45, 7) is 1.00. The lowest BCUT2D eigenvalue weighted by atomic mass is 10.1. The van der Waals surface area contributed by atoms with Crippen molar-refractivity contribution in [2.75, 3.05) is 23.9 Å². The first-order valence-corrected chi connectivity index (χ1v) is 11.6. The van der Waals surface area contributed by atoms with E-state index in [4.69, 9.17) is 27.9 Å². The lowest BCUT2D eigenvalue weighted by Gasteiger charge is -2.24. The molecule has 1 atom stereocenters. The smallest absolute Gasteiger partial charge is 0.329 e. The van der Waals surface area contributed by atoms with Gasteiger partial charge in [-0.25, -0.2) is 9.78 Å². The van der Waals surface area contributed by atoms with Crippen LogP contribution in [0.25, 0.3) is 0 Å². The van der Waals surface area contributed by atoms with Crippen LogP contribution in [-0.4, -0.2) is 58.2 Å². The van der Waals surface area contributed by atoms with Gasteiger partial charge >= 0.3 is 5.97 Å². The van der Waals surface area contributed by atoms with E-state index in [9.17, 15) is 19.2 Å². The number of nitrogens with one attached hydrogen (secondary N) is 1. The number of imide groups is 1. The number of nitrogens with zero attached hydrogens (tertiary/aromatic N) is 2. The van der Waals surface area contributed by atoms with Crippen LogP contribution in [0.3, 0.4) is 0 Å². The van der Waals surface area contributed by atoms with Crippen LogP contribution in [0, 0.1) is 6.92 Å². The second-order valence-corrected chi connectivity index (χ2v) is 8.67. The van der Waals surface area contributed by atoms with Gasteiger partial charge in [-0.1, -0.05) is 35.3 Å². The largest absolute Gasteiger partial charge is 0.454 e. The first-order chi connectivity index (χ1) is 15.2. The summed E-state index contributed by atoms with van der Waals surface area (Å²) in [6, 6.07) is 6.64. The Labute approximate surface area is 198 Å². The minimum absolute atomic E-state index is 0.0777. The van der Waals surface area contributed by atoms with Gasteiger partial charge in [-0.3, -0.25) is 19.3 Å². The number of carbonyl (C=O) groups excluding carboxylic acids is 4. The molecule has 8 nitrogen and oxygen atoms in total. The lowest BCUT2D eigenvalue weighted by molar-refractivity contribution is -0.151. The summed E-state index contributed by atoms with van der Waals surface area (Å²) in [5.41, 5.74) is 0.929. The van der Waals surface area contributed by atoms with E-state index in [1.807, 2.05) is 6.26 Å². The molecule has 0 unspecified atom stereocenters. The van der Waals surface area contributed by atoms with Crippen molar-refractivity contribution in [3.63, 3.8) is 0 Å². The predicted octanol–water partition coefficient (Wildman–Crippen LogP) is 3.60. The van der Waals surface area contributed by atoms with Crippen LogP contribution in [0.2, 0.25) is 10.0 Å². The van der Waals surface area contributed by atoms with Crippen LogP contribution in [-0.2, 0) is 14.3 Å². The molecule has 1 aromatic heterocycles. The molecule has 0 radical (unpaired) electrons. The van der Waals surface area contributed by atoms with Gasteiger partial charge in [-0.15, -0.1) is 0 Å². The van der Waals surface area contributed by atoms with E-state index >= 15 is 0 Å². The summed E-state index contributed by atoms with van der Waals surface area (Å²) in [4.78, 5) is 55.6. The molecular formula is C21H19Cl2N3O5S. The first-order valence-electron chi connectivity index (χ1n) is 9.49. The van der Waals surface area contributed by atoms with E-state index in [-0.39, 0.29) is 28.4 Å². The van der Waals surface area contributed by atoms with Crippen LogP contribution in [0.5, 0.6) is 0 Å². The number of ether oxygens (including phenoxy) is 1. The average molecular weight is 496 g/mol. The molecule has 11 heteroatoms. The maximum Gasteiger partial charge on any atom is 0.329 e. The Morgan fingerprint density at radius 3 is 2.38 bits per heavy atom. The average Bonchev–Trinajstić information content (AvgIpc) is 3.02. The van der Waals surface area contributed by atoms with Crippen molar-refractivity contribution in [3.05, 3.63) is 57.2 Å². The van der Waals surface area contributed by atoms with Crippen LogP contribution >= 0.6 is 35.0 Å². The minimum Gasteiger partial charge on any atom is -0.454 e. The third kappa shape index (κ3) is 5.06. The number of amides is 3. The zero-order valence-corrected chi connectivity index (χ0v) is 19.5. The second-order valence-electron chi connectivity index (χ2n) is 6.87. The molecule has 2 aromatic rings. The number of aromatic nitrogens is 1. The molecule has 0 spiro atoms. The molecular weight excluding hydrogens is 477 g/mol. The van der Waals surface area contributed by atoms with E-state index in [0.29, 0.717) is 16.5 Å². The third-order valence-corrected chi connectivity index (χ3v) is 6.03. The fourth-order valence-corrected chi connectivity index (χ4v) is 3.98. The number of hydrogen-bond acceptors (Lipinski definition) is 7. The zero-order chi connectivity index (χ0) is 23.4. The number of benzene rings is 1. The topological polar surface area (TPSA) is 106 Å². The Bertz CT molecular complexity index is 1060. The molecule has 1 aromatic carbocycles. The van der Waals surface area contributed by atoms with Crippen molar-refractivity contribution in [2.45, 2.75) is 19.4 Å². The summed E-state index contributed by atoms with van der Waals surface area (Å²) >= 11 is 13.4. The van der Waals surface area contributed by atoms with Crippen LogP contribution in [0.4, 0.5) is 5.82 Å². The quantitative estimate of drug-likeness (QED) is 0.440. The number of hydrogen-bond donors (Lipinski definition) is 1. The standard InChI is InChI=1S/C21H19Cl2N3O5S/c1-11-14(22)9-15(23)18(24-11)25-17(27)10-31-21(30)16(7-8-32-2)26-19(28)12-5-3-4-6-13(12)20(26)29/h3-6,9,16H,7-8,10H2,1-2H3,(H,24,25,27)/t16-/m0/s1. The number of aryl methyl sites for hydroxylation is 1. The number of fused-ring (bicyclic) bond motifs is 1. The monoisotopic (exact) mass is 495 g/mol. The highest BCUT2D eigenvalue weighted by molar-refractivity contribution is 7.98. The number of halogens is 2. The maximum absolute atomic E-state index is 12.8. The highest BCUT2D eigenvalue weighted by Gasteiger charge is 2.43.